The Balaban J connectivity index is 1.83. The molecule has 150 valence electrons. The third-order valence-electron chi connectivity index (χ3n) is 3.62. The molecule has 7 nitrogen and oxygen atoms in total. The van der Waals surface area contributed by atoms with Crippen LogP contribution in [0, 0.1) is 0 Å². The highest BCUT2D eigenvalue weighted by Crippen LogP contribution is 2.17. The minimum absolute atomic E-state index is 0.241. The van der Waals surface area contributed by atoms with E-state index in [1.807, 2.05) is 0 Å². The summed E-state index contributed by atoms with van der Waals surface area (Å²) in [5.74, 6) is -0.764. The Morgan fingerprint density at radius 1 is 0.793 bits per heavy atom. The number of hydrogen-bond donors (Lipinski definition) is 0. The molecule has 0 aliphatic heterocycles. The van der Waals surface area contributed by atoms with E-state index in [0.29, 0.717) is 23.5 Å². The average Bonchev–Trinajstić information content (AvgIpc) is 2.75. The van der Waals surface area contributed by atoms with Crippen LogP contribution in [-0.4, -0.2) is 31.3 Å². The van der Waals surface area contributed by atoms with E-state index in [1.165, 1.54) is 12.1 Å². The summed E-state index contributed by atoms with van der Waals surface area (Å²) in [5.41, 5.74) is 1.26. The van der Waals surface area contributed by atoms with Gasteiger partial charge in [-0.2, -0.15) is 0 Å². The standard InChI is InChI=1S/C22H20O7/c1-3-20(23)26-14-13-16-5-9-19(10-6-16)29-22(25)17-7-11-18(12-8-17)27-15-28-21(24)4-2/h3-12H,1-2,13-15H2. The van der Waals surface area contributed by atoms with Crippen LogP contribution in [0.25, 0.3) is 0 Å². The lowest BCUT2D eigenvalue weighted by Gasteiger charge is -2.08. The second-order valence-corrected chi connectivity index (χ2v) is 5.61. The predicted molar refractivity (Wildman–Crippen MR) is 104 cm³/mol. The Kier molecular flexibility index (Phi) is 8.19. The summed E-state index contributed by atoms with van der Waals surface area (Å²) in [7, 11) is 0. The van der Waals surface area contributed by atoms with E-state index >= 15 is 0 Å². The minimum Gasteiger partial charge on any atom is -0.462 e. The summed E-state index contributed by atoms with van der Waals surface area (Å²) in [6, 6.07) is 13.1. The Labute approximate surface area is 168 Å². The van der Waals surface area contributed by atoms with Gasteiger partial charge in [-0.05, 0) is 42.0 Å². The van der Waals surface area contributed by atoms with Gasteiger partial charge in [-0.3, -0.25) is 0 Å². The van der Waals surface area contributed by atoms with Crippen molar-refractivity contribution < 1.29 is 33.3 Å². The summed E-state index contributed by atoms with van der Waals surface area (Å²) in [6.07, 6.45) is 2.68. The van der Waals surface area contributed by atoms with Gasteiger partial charge in [0.2, 0.25) is 6.79 Å². The SMILES string of the molecule is C=CC(=O)OCCc1ccc(OC(=O)c2ccc(OCOC(=O)C=C)cc2)cc1. The van der Waals surface area contributed by atoms with Gasteiger partial charge in [0.15, 0.2) is 0 Å². The molecule has 0 aliphatic carbocycles. The fourth-order valence-electron chi connectivity index (χ4n) is 2.12. The maximum atomic E-state index is 12.2. The number of ether oxygens (including phenoxy) is 4. The highest BCUT2D eigenvalue weighted by Gasteiger charge is 2.09. The fraction of sp³-hybridized carbons (Fsp3) is 0.136. The average molecular weight is 396 g/mol. The van der Waals surface area contributed by atoms with Crippen molar-refractivity contribution in [2.24, 2.45) is 0 Å². The first-order valence-electron chi connectivity index (χ1n) is 8.64. The highest BCUT2D eigenvalue weighted by molar-refractivity contribution is 5.91. The van der Waals surface area contributed by atoms with E-state index in [-0.39, 0.29) is 13.4 Å². The van der Waals surface area contributed by atoms with Crippen LogP contribution in [0.5, 0.6) is 11.5 Å². The molecule has 0 aromatic heterocycles. The molecule has 0 bridgehead atoms. The first kappa shape index (κ1) is 21.4. The molecule has 2 aromatic rings. The van der Waals surface area contributed by atoms with Crippen molar-refractivity contribution in [3.63, 3.8) is 0 Å². The van der Waals surface area contributed by atoms with E-state index in [9.17, 15) is 14.4 Å². The lowest BCUT2D eigenvalue weighted by Crippen LogP contribution is -2.09. The van der Waals surface area contributed by atoms with Crippen molar-refractivity contribution >= 4 is 17.9 Å². The molecule has 0 radical (unpaired) electrons. The Bertz CT molecular complexity index is 867. The van der Waals surface area contributed by atoms with Crippen molar-refractivity contribution in [1.82, 2.24) is 0 Å². The van der Waals surface area contributed by atoms with Crippen LogP contribution in [0.2, 0.25) is 0 Å². The summed E-state index contributed by atoms with van der Waals surface area (Å²) >= 11 is 0. The van der Waals surface area contributed by atoms with Crippen molar-refractivity contribution in [3.05, 3.63) is 85.0 Å². The quantitative estimate of drug-likeness (QED) is 0.264. The zero-order chi connectivity index (χ0) is 21.1. The van der Waals surface area contributed by atoms with E-state index in [0.717, 1.165) is 17.7 Å². The van der Waals surface area contributed by atoms with Crippen LogP contribution in [0.3, 0.4) is 0 Å². The normalized spacial score (nSPS) is 9.79. The van der Waals surface area contributed by atoms with Gasteiger partial charge in [-0.1, -0.05) is 25.3 Å². The second-order valence-electron chi connectivity index (χ2n) is 5.61. The van der Waals surface area contributed by atoms with Crippen molar-refractivity contribution in [3.8, 4) is 11.5 Å². The topological polar surface area (TPSA) is 88.1 Å². The maximum Gasteiger partial charge on any atom is 0.343 e. The molecule has 0 saturated carbocycles. The number of carbonyl (C=O) groups is 3. The molecule has 0 fully saturated rings. The number of carbonyl (C=O) groups excluding carboxylic acids is 3. The van der Waals surface area contributed by atoms with Crippen LogP contribution < -0.4 is 9.47 Å². The van der Waals surface area contributed by atoms with Gasteiger partial charge in [0.1, 0.15) is 11.5 Å². The van der Waals surface area contributed by atoms with Gasteiger partial charge in [0.25, 0.3) is 0 Å². The van der Waals surface area contributed by atoms with E-state index in [4.69, 9.17) is 18.9 Å². The van der Waals surface area contributed by atoms with Crippen LogP contribution in [0.15, 0.2) is 73.8 Å². The van der Waals surface area contributed by atoms with Gasteiger partial charge in [0.05, 0.1) is 12.2 Å². The molecule has 2 rings (SSSR count). The van der Waals surface area contributed by atoms with Gasteiger partial charge >= 0.3 is 17.9 Å². The van der Waals surface area contributed by atoms with Gasteiger partial charge in [-0.15, -0.1) is 0 Å². The molecule has 0 unspecified atom stereocenters. The summed E-state index contributed by atoms with van der Waals surface area (Å²) in [6.45, 7) is 6.59. The largest absolute Gasteiger partial charge is 0.462 e. The highest BCUT2D eigenvalue weighted by atomic mass is 16.7. The first-order valence-corrected chi connectivity index (χ1v) is 8.64. The predicted octanol–water partition coefficient (Wildman–Crippen LogP) is 3.24. The maximum absolute atomic E-state index is 12.2. The summed E-state index contributed by atoms with van der Waals surface area (Å²) in [4.78, 5) is 34.1. The molecule has 2 aromatic carbocycles. The van der Waals surface area contributed by atoms with Gasteiger partial charge < -0.3 is 18.9 Å². The molecule has 0 N–H and O–H groups in total. The molecule has 29 heavy (non-hydrogen) atoms. The summed E-state index contributed by atoms with van der Waals surface area (Å²) in [5, 5.41) is 0. The van der Waals surface area contributed by atoms with Crippen molar-refractivity contribution in [2.45, 2.75) is 6.42 Å². The molecule has 0 amide bonds. The zero-order valence-corrected chi connectivity index (χ0v) is 15.7. The second kappa shape index (κ2) is 11.1. The molecular weight excluding hydrogens is 376 g/mol. The molecule has 0 atom stereocenters. The summed E-state index contributed by atoms with van der Waals surface area (Å²) < 4.78 is 20.2. The smallest absolute Gasteiger partial charge is 0.343 e. The minimum atomic E-state index is -0.589. The molecule has 0 saturated heterocycles. The lowest BCUT2D eigenvalue weighted by molar-refractivity contribution is -0.144. The van der Waals surface area contributed by atoms with Gasteiger partial charge in [-0.25, -0.2) is 14.4 Å². The van der Waals surface area contributed by atoms with Crippen LogP contribution >= 0.6 is 0 Å². The van der Waals surface area contributed by atoms with Crippen molar-refractivity contribution in [1.29, 1.82) is 0 Å². The third kappa shape index (κ3) is 7.34. The van der Waals surface area contributed by atoms with Gasteiger partial charge in [0, 0.05) is 18.6 Å². The van der Waals surface area contributed by atoms with Crippen LogP contribution in [0.1, 0.15) is 15.9 Å². The molecule has 0 heterocycles. The Morgan fingerprint density at radius 3 is 2.00 bits per heavy atom. The third-order valence-corrected chi connectivity index (χ3v) is 3.62. The van der Waals surface area contributed by atoms with E-state index < -0.39 is 17.9 Å². The first-order chi connectivity index (χ1) is 14.0. The number of hydrogen-bond acceptors (Lipinski definition) is 7. The molecule has 0 aliphatic rings. The number of rotatable bonds is 10. The molecule has 0 spiro atoms. The monoisotopic (exact) mass is 396 g/mol. The fourth-order valence-corrected chi connectivity index (χ4v) is 2.12. The molecular formula is C22H20O7. The number of benzene rings is 2. The Hall–Kier alpha value is -3.87. The Morgan fingerprint density at radius 2 is 1.38 bits per heavy atom. The van der Waals surface area contributed by atoms with E-state index in [2.05, 4.69) is 13.2 Å². The lowest BCUT2D eigenvalue weighted by atomic mass is 10.1. The van der Waals surface area contributed by atoms with E-state index in [1.54, 1.807) is 36.4 Å². The molecule has 7 heteroatoms. The van der Waals surface area contributed by atoms with Crippen molar-refractivity contribution in [2.75, 3.05) is 13.4 Å². The van der Waals surface area contributed by atoms with Crippen LogP contribution in [0.4, 0.5) is 0 Å². The van der Waals surface area contributed by atoms with Crippen LogP contribution in [-0.2, 0) is 25.5 Å². The zero-order valence-electron chi connectivity index (χ0n) is 15.7. The number of esters is 3.